The van der Waals surface area contributed by atoms with Crippen molar-refractivity contribution in [2.75, 3.05) is 25.3 Å². The van der Waals surface area contributed by atoms with Crippen LogP contribution in [0, 0.1) is 0 Å². The Labute approximate surface area is 157 Å². The largest absolute Gasteiger partial charge is 0.496 e. The summed E-state index contributed by atoms with van der Waals surface area (Å²) >= 11 is 2.39. The van der Waals surface area contributed by atoms with Crippen LogP contribution in [0.4, 0.5) is 5.13 Å². The average molecular weight is 389 g/mol. The maximum Gasteiger partial charge on any atom is 0.316 e. The second-order valence-corrected chi connectivity index (χ2v) is 7.29. The van der Waals surface area contributed by atoms with Gasteiger partial charge in [0.05, 0.1) is 25.5 Å². The zero-order valence-electron chi connectivity index (χ0n) is 14.0. The Balaban J connectivity index is 1.77. The number of amides is 1. The van der Waals surface area contributed by atoms with Gasteiger partial charge in [0.2, 0.25) is 5.13 Å². The van der Waals surface area contributed by atoms with Crippen LogP contribution in [0.2, 0.25) is 0 Å². The predicted molar refractivity (Wildman–Crippen MR) is 101 cm³/mol. The second-order valence-electron chi connectivity index (χ2n) is 5.09. The fraction of sp³-hybridized carbons (Fsp3) is 0.176. The molecule has 1 amide bonds. The maximum absolute atomic E-state index is 12.6. The molecule has 7 nitrogen and oxygen atoms in total. The van der Waals surface area contributed by atoms with Crippen LogP contribution in [-0.2, 0) is 9.53 Å². The Morgan fingerprint density at radius 2 is 1.88 bits per heavy atom. The average Bonchev–Trinajstić information content (AvgIpc) is 3.12. The van der Waals surface area contributed by atoms with E-state index in [0.717, 1.165) is 10.8 Å². The van der Waals surface area contributed by atoms with Gasteiger partial charge in [-0.2, -0.15) is 0 Å². The molecule has 0 saturated carbocycles. The lowest BCUT2D eigenvalue weighted by molar-refractivity contribution is -0.137. The van der Waals surface area contributed by atoms with Gasteiger partial charge in [-0.3, -0.25) is 14.9 Å². The van der Waals surface area contributed by atoms with Crippen LogP contribution in [-0.4, -0.2) is 42.0 Å². The molecule has 0 aliphatic heterocycles. The summed E-state index contributed by atoms with van der Waals surface area (Å²) in [6.45, 7) is 0. The van der Waals surface area contributed by atoms with E-state index < -0.39 is 0 Å². The lowest BCUT2D eigenvalue weighted by Crippen LogP contribution is -2.13. The van der Waals surface area contributed by atoms with E-state index in [0.29, 0.717) is 20.8 Å². The first kappa shape index (κ1) is 18.2. The molecule has 3 aromatic rings. The number of benzene rings is 2. The first-order valence-corrected chi connectivity index (χ1v) is 9.32. The summed E-state index contributed by atoms with van der Waals surface area (Å²) in [5.41, 5.74) is 0.408. The minimum absolute atomic E-state index is 0.136. The number of thioether (sulfide) groups is 1. The van der Waals surface area contributed by atoms with Crippen LogP contribution in [0.3, 0.4) is 0 Å². The Hall–Kier alpha value is -2.65. The molecule has 0 unspecified atom stereocenters. The van der Waals surface area contributed by atoms with Gasteiger partial charge in [-0.25, -0.2) is 0 Å². The van der Waals surface area contributed by atoms with Crippen molar-refractivity contribution in [2.45, 2.75) is 4.34 Å². The third kappa shape index (κ3) is 4.12. The van der Waals surface area contributed by atoms with Gasteiger partial charge in [0, 0.05) is 0 Å². The molecule has 0 bridgehead atoms. The highest BCUT2D eigenvalue weighted by Gasteiger charge is 2.16. The summed E-state index contributed by atoms with van der Waals surface area (Å²) in [5.74, 6) is -0.0756. The lowest BCUT2D eigenvalue weighted by atomic mass is 10.1. The van der Waals surface area contributed by atoms with Crippen molar-refractivity contribution < 1.29 is 19.1 Å². The number of carbonyl (C=O) groups excluding carboxylic acids is 2. The Morgan fingerprint density at radius 1 is 1.15 bits per heavy atom. The number of esters is 1. The number of hydrogen-bond donors (Lipinski definition) is 1. The number of hydrogen-bond acceptors (Lipinski definition) is 8. The van der Waals surface area contributed by atoms with Crippen molar-refractivity contribution in [3.8, 4) is 5.75 Å². The molecule has 0 spiro atoms. The molecule has 0 radical (unpaired) electrons. The fourth-order valence-electron chi connectivity index (χ4n) is 2.23. The third-order valence-corrected chi connectivity index (χ3v) is 5.43. The predicted octanol–water partition coefficient (Wildman–Crippen LogP) is 3.22. The van der Waals surface area contributed by atoms with Crippen LogP contribution in [0.15, 0.2) is 40.7 Å². The number of rotatable bonds is 6. The van der Waals surface area contributed by atoms with Crippen LogP contribution < -0.4 is 10.1 Å². The molecule has 1 heterocycles. The Kier molecular flexibility index (Phi) is 5.69. The van der Waals surface area contributed by atoms with E-state index in [1.807, 2.05) is 30.3 Å². The third-order valence-electron chi connectivity index (χ3n) is 3.48. The molecule has 134 valence electrons. The second kappa shape index (κ2) is 8.15. The normalized spacial score (nSPS) is 10.5. The molecule has 26 heavy (non-hydrogen) atoms. The van der Waals surface area contributed by atoms with Gasteiger partial charge in [0.25, 0.3) is 5.91 Å². The number of nitrogens with one attached hydrogen (secondary N) is 1. The van der Waals surface area contributed by atoms with E-state index >= 15 is 0 Å². The topological polar surface area (TPSA) is 90.4 Å². The van der Waals surface area contributed by atoms with Crippen LogP contribution >= 0.6 is 23.1 Å². The Morgan fingerprint density at radius 3 is 2.58 bits per heavy atom. The summed E-state index contributed by atoms with van der Waals surface area (Å²) in [4.78, 5) is 23.8. The van der Waals surface area contributed by atoms with E-state index in [1.165, 1.54) is 37.3 Å². The summed E-state index contributed by atoms with van der Waals surface area (Å²) in [6.07, 6.45) is 0. The highest BCUT2D eigenvalue weighted by atomic mass is 32.2. The zero-order chi connectivity index (χ0) is 18.5. The molecular formula is C17H15N3O4S2. The first-order chi connectivity index (χ1) is 12.6. The van der Waals surface area contributed by atoms with Gasteiger partial charge >= 0.3 is 5.97 Å². The molecule has 3 rings (SSSR count). The molecule has 0 aliphatic carbocycles. The molecule has 9 heteroatoms. The summed E-state index contributed by atoms with van der Waals surface area (Å²) in [5, 5.41) is 12.8. The van der Waals surface area contributed by atoms with Gasteiger partial charge in [0.15, 0.2) is 4.34 Å². The van der Waals surface area contributed by atoms with Crippen LogP contribution in [0.25, 0.3) is 10.8 Å². The molecular weight excluding hydrogens is 374 g/mol. The van der Waals surface area contributed by atoms with Gasteiger partial charge in [-0.15, -0.1) is 10.2 Å². The quantitative estimate of drug-likeness (QED) is 0.393. The number of anilines is 1. The Bertz CT molecular complexity index is 958. The fourth-order valence-corrected chi connectivity index (χ4v) is 3.81. The minimum atomic E-state index is -0.350. The number of nitrogens with zero attached hydrogens (tertiary/aromatic N) is 2. The number of aromatic nitrogens is 2. The number of carbonyl (C=O) groups is 2. The molecule has 0 aliphatic rings. The van der Waals surface area contributed by atoms with Crippen molar-refractivity contribution in [1.82, 2.24) is 10.2 Å². The van der Waals surface area contributed by atoms with Gasteiger partial charge in [0.1, 0.15) is 5.75 Å². The molecule has 1 N–H and O–H groups in total. The number of fused-ring (bicyclic) bond motifs is 1. The van der Waals surface area contributed by atoms with Crippen LogP contribution in [0.1, 0.15) is 10.4 Å². The summed E-state index contributed by atoms with van der Waals surface area (Å²) in [6, 6.07) is 11.3. The van der Waals surface area contributed by atoms with Crippen molar-refractivity contribution in [1.29, 1.82) is 0 Å². The van der Waals surface area contributed by atoms with Crippen molar-refractivity contribution in [3.63, 3.8) is 0 Å². The number of ether oxygens (including phenoxy) is 2. The van der Waals surface area contributed by atoms with Crippen molar-refractivity contribution in [2.24, 2.45) is 0 Å². The highest BCUT2D eigenvalue weighted by Crippen LogP contribution is 2.29. The molecule has 0 fully saturated rings. The summed E-state index contributed by atoms with van der Waals surface area (Å²) in [7, 11) is 2.85. The first-order valence-electron chi connectivity index (χ1n) is 7.52. The zero-order valence-corrected chi connectivity index (χ0v) is 15.6. The van der Waals surface area contributed by atoms with E-state index in [1.54, 1.807) is 6.07 Å². The molecule has 0 saturated heterocycles. The monoisotopic (exact) mass is 389 g/mol. The standard InChI is InChI=1S/C17H15N3O4S2/c1-23-13-8-11-6-4-3-5-10(11)7-12(13)15(22)18-16-19-20-17(26-16)25-9-14(21)24-2/h3-8H,9H2,1-2H3,(H,18,19,22). The van der Waals surface area contributed by atoms with E-state index in [4.69, 9.17) is 4.74 Å². The van der Waals surface area contributed by atoms with Gasteiger partial charge in [-0.05, 0) is 22.9 Å². The SMILES string of the molecule is COC(=O)CSc1nnc(NC(=O)c2cc3ccccc3cc2OC)s1. The highest BCUT2D eigenvalue weighted by molar-refractivity contribution is 8.01. The lowest BCUT2D eigenvalue weighted by Gasteiger charge is -2.09. The van der Waals surface area contributed by atoms with Crippen LogP contribution in [0.5, 0.6) is 5.75 Å². The van der Waals surface area contributed by atoms with E-state index in [9.17, 15) is 9.59 Å². The summed E-state index contributed by atoms with van der Waals surface area (Å²) < 4.78 is 10.5. The molecule has 0 atom stereocenters. The number of methoxy groups -OCH3 is 2. The molecule has 2 aromatic carbocycles. The van der Waals surface area contributed by atoms with Gasteiger partial charge in [-0.1, -0.05) is 47.4 Å². The molecule has 1 aromatic heterocycles. The van der Waals surface area contributed by atoms with Crippen molar-refractivity contribution in [3.05, 3.63) is 42.0 Å². The van der Waals surface area contributed by atoms with Crippen molar-refractivity contribution >= 4 is 50.9 Å². The maximum atomic E-state index is 12.6. The van der Waals surface area contributed by atoms with E-state index in [2.05, 4.69) is 20.3 Å². The minimum Gasteiger partial charge on any atom is -0.496 e. The van der Waals surface area contributed by atoms with Gasteiger partial charge < -0.3 is 9.47 Å². The van der Waals surface area contributed by atoms with E-state index in [-0.39, 0.29) is 17.6 Å². The smallest absolute Gasteiger partial charge is 0.316 e.